The van der Waals surface area contributed by atoms with E-state index in [9.17, 15) is 14.4 Å². The Hall–Kier alpha value is -3.35. The molecule has 0 radical (unpaired) electrons. The number of rotatable bonds is 9. The summed E-state index contributed by atoms with van der Waals surface area (Å²) in [5, 5.41) is 2.88. The zero-order chi connectivity index (χ0) is 22.1. The molecule has 0 fully saturated rings. The number of hydrogen-bond acceptors (Lipinski definition) is 6. The number of esters is 2. The van der Waals surface area contributed by atoms with E-state index in [0.29, 0.717) is 0 Å². The van der Waals surface area contributed by atoms with Crippen molar-refractivity contribution in [2.75, 3.05) is 13.2 Å². The van der Waals surface area contributed by atoms with Crippen LogP contribution in [0.3, 0.4) is 0 Å². The van der Waals surface area contributed by atoms with E-state index in [1.807, 2.05) is 37.3 Å². The third-order valence-electron chi connectivity index (χ3n) is 4.27. The molecule has 0 spiro atoms. The van der Waals surface area contributed by atoms with Crippen LogP contribution in [0, 0.1) is 0 Å². The maximum atomic E-state index is 12.6. The summed E-state index contributed by atoms with van der Waals surface area (Å²) in [6.07, 6.45) is -0.858. The smallest absolute Gasteiger partial charge is 0.338 e. The first-order valence-corrected chi connectivity index (χ1v) is 9.87. The van der Waals surface area contributed by atoms with Crippen molar-refractivity contribution in [3.63, 3.8) is 0 Å². The van der Waals surface area contributed by atoms with Crippen LogP contribution in [0.5, 0.6) is 5.75 Å². The molecule has 0 saturated heterocycles. The zero-order valence-electron chi connectivity index (χ0n) is 17.6. The van der Waals surface area contributed by atoms with E-state index in [1.54, 1.807) is 20.8 Å². The van der Waals surface area contributed by atoms with Gasteiger partial charge in [-0.15, -0.1) is 0 Å². The second-order valence-corrected chi connectivity index (χ2v) is 6.59. The fraction of sp³-hybridized carbons (Fsp3) is 0.348. The van der Waals surface area contributed by atoms with Gasteiger partial charge in [0.1, 0.15) is 5.75 Å². The summed E-state index contributed by atoms with van der Waals surface area (Å²) in [5.74, 6) is -1.32. The molecule has 0 bridgehead atoms. The Morgan fingerprint density at radius 2 is 1.40 bits per heavy atom. The molecular weight excluding hydrogens is 386 g/mol. The molecule has 0 heterocycles. The fourth-order valence-corrected chi connectivity index (χ4v) is 2.75. The molecule has 0 aliphatic heterocycles. The van der Waals surface area contributed by atoms with Gasteiger partial charge in [-0.1, -0.05) is 30.3 Å². The predicted molar refractivity (Wildman–Crippen MR) is 111 cm³/mol. The van der Waals surface area contributed by atoms with Crippen molar-refractivity contribution in [3.8, 4) is 5.75 Å². The van der Waals surface area contributed by atoms with E-state index in [0.717, 1.165) is 5.56 Å². The Kier molecular flexibility index (Phi) is 8.41. The van der Waals surface area contributed by atoms with Gasteiger partial charge in [-0.05, 0) is 51.5 Å². The van der Waals surface area contributed by atoms with Crippen LogP contribution >= 0.6 is 0 Å². The summed E-state index contributed by atoms with van der Waals surface area (Å²) in [7, 11) is 0. The molecule has 0 aliphatic carbocycles. The van der Waals surface area contributed by atoms with Crippen molar-refractivity contribution >= 4 is 17.8 Å². The molecule has 1 N–H and O–H groups in total. The van der Waals surface area contributed by atoms with E-state index in [4.69, 9.17) is 14.2 Å². The van der Waals surface area contributed by atoms with Crippen molar-refractivity contribution in [2.24, 2.45) is 0 Å². The van der Waals surface area contributed by atoms with Gasteiger partial charge in [-0.2, -0.15) is 0 Å². The first kappa shape index (κ1) is 22.9. The summed E-state index contributed by atoms with van der Waals surface area (Å²) >= 11 is 0. The van der Waals surface area contributed by atoms with Crippen LogP contribution in [0.25, 0.3) is 0 Å². The highest BCUT2D eigenvalue weighted by molar-refractivity contribution is 5.96. The van der Waals surface area contributed by atoms with Crippen molar-refractivity contribution in [1.29, 1.82) is 0 Å². The third-order valence-corrected chi connectivity index (χ3v) is 4.27. The Labute approximate surface area is 176 Å². The Morgan fingerprint density at radius 3 is 1.90 bits per heavy atom. The summed E-state index contributed by atoms with van der Waals surface area (Å²) in [5.41, 5.74) is 1.25. The van der Waals surface area contributed by atoms with Gasteiger partial charge in [0.15, 0.2) is 6.10 Å². The number of carbonyl (C=O) groups excluding carboxylic acids is 3. The number of benzene rings is 2. The molecule has 160 valence electrons. The lowest BCUT2D eigenvalue weighted by Crippen LogP contribution is -2.37. The van der Waals surface area contributed by atoms with E-state index < -0.39 is 18.0 Å². The minimum atomic E-state index is -0.858. The van der Waals surface area contributed by atoms with E-state index in [2.05, 4.69) is 5.32 Å². The highest BCUT2D eigenvalue weighted by Crippen LogP contribution is 2.21. The fourth-order valence-electron chi connectivity index (χ4n) is 2.75. The second-order valence-electron chi connectivity index (χ2n) is 6.59. The van der Waals surface area contributed by atoms with Crippen LogP contribution in [0.15, 0.2) is 48.5 Å². The van der Waals surface area contributed by atoms with Crippen molar-refractivity contribution in [2.45, 2.75) is 39.8 Å². The van der Waals surface area contributed by atoms with Crippen molar-refractivity contribution in [1.82, 2.24) is 5.32 Å². The van der Waals surface area contributed by atoms with Crippen LogP contribution in [-0.2, 0) is 14.3 Å². The topological polar surface area (TPSA) is 90.9 Å². The zero-order valence-corrected chi connectivity index (χ0v) is 17.6. The first-order valence-electron chi connectivity index (χ1n) is 9.87. The molecule has 30 heavy (non-hydrogen) atoms. The first-order chi connectivity index (χ1) is 14.3. The van der Waals surface area contributed by atoms with E-state index in [-0.39, 0.29) is 42.0 Å². The molecule has 0 aromatic heterocycles. The van der Waals surface area contributed by atoms with Crippen LogP contribution in [0.1, 0.15) is 60.0 Å². The van der Waals surface area contributed by atoms with Crippen molar-refractivity contribution in [3.05, 3.63) is 65.2 Å². The quantitative estimate of drug-likeness (QED) is 0.631. The molecule has 2 aromatic carbocycles. The Balaban J connectivity index is 2.17. The molecule has 2 aromatic rings. The number of amides is 1. The Bertz CT molecular complexity index is 844. The van der Waals surface area contributed by atoms with Gasteiger partial charge in [0.05, 0.1) is 30.4 Å². The maximum absolute atomic E-state index is 12.6. The monoisotopic (exact) mass is 413 g/mol. The lowest BCUT2D eigenvalue weighted by molar-refractivity contribution is -0.127. The molecule has 2 rings (SSSR count). The highest BCUT2D eigenvalue weighted by atomic mass is 16.5. The maximum Gasteiger partial charge on any atom is 0.338 e. The van der Waals surface area contributed by atoms with Gasteiger partial charge < -0.3 is 19.5 Å². The molecule has 2 atom stereocenters. The third kappa shape index (κ3) is 6.34. The van der Waals surface area contributed by atoms with Crippen LogP contribution in [-0.4, -0.2) is 37.2 Å². The SMILES string of the molecule is CCOC(=O)c1cc(O[C@H](C)C(=O)N[C@H](C)c2ccccc2)cc(C(=O)OCC)c1. The van der Waals surface area contributed by atoms with Gasteiger partial charge >= 0.3 is 11.9 Å². The molecule has 1 amide bonds. The summed E-state index contributed by atoms with van der Waals surface area (Å²) < 4.78 is 15.7. The molecule has 7 nitrogen and oxygen atoms in total. The Morgan fingerprint density at radius 1 is 0.867 bits per heavy atom. The standard InChI is InChI=1S/C23H27NO6/c1-5-28-22(26)18-12-19(23(27)29-6-2)14-20(13-18)30-16(4)21(25)24-15(3)17-10-8-7-9-11-17/h7-16H,5-6H2,1-4H3,(H,24,25)/t15-,16-/m1/s1. The lowest BCUT2D eigenvalue weighted by atomic mass is 10.1. The van der Waals surface area contributed by atoms with Crippen LogP contribution in [0.4, 0.5) is 0 Å². The molecule has 7 heteroatoms. The highest BCUT2D eigenvalue weighted by Gasteiger charge is 2.20. The second kappa shape index (κ2) is 11.0. The summed E-state index contributed by atoms with van der Waals surface area (Å²) in [6.45, 7) is 7.22. The molecule has 0 aliphatic rings. The van der Waals surface area contributed by atoms with Gasteiger partial charge in [-0.3, -0.25) is 4.79 Å². The predicted octanol–water partition coefficient (Wildman–Crippen LogP) is 3.68. The van der Waals surface area contributed by atoms with Crippen molar-refractivity contribution < 1.29 is 28.6 Å². The average molecular weight is 413 g/mol. The number of nitrogens with one attached hydrogen (secondary N) is 1. The largest absolute Gasteiger partial charge is 0.481 e. The van der Waals surface area contributed by atoms with E-state index >= 15 is 0 Å². The number of carbonyl (C=O) groups is 3. The van der Waals surface area contributed by atoms with E-state index in [1.165, 1.54) is 18.2 Å². The van der Waals surface area contributed by atoms with Gasteiger partial charge in [-0.25, -0.2) is 9.59 Å². The average Bonchev–Trinajstić information content (AvgIpc) is 2.74. The van der Waals surface area contributed by atoms with Crippen LogP contribution in [0.2, 0.25) is 0 Å². The normalized spacial score (nSPS) is 12.4. The van der Waals surface area contributed by atoms with Gasteiger partial charge in [0.25, 0.3) is 5.91 Å². The molecule has 0 saturated carbocycles. The minimum absolute atomic E-state index is 0.141. The van der Waals surface area contributed by atoms with Crippen LogP contribution < -0.4 is 10.1 Å². The van der Waals surface area contributed by atoms with Gasteiger partial charge in [0, 0.05) is 0 Å². The summed E-state index contributed by atoms with van der Waals surface area (Å²) in [4.78, 5) is 36.8. The van der Waals surface area contributed by atoms with Gasteiger partial charge in [0.2, 0.25) is 0 Å². The molecule has 0 unspecified atom stereocenters. The summed E-state index contributed by atoms with van der Waals surface area (Å²) in [6, 6.07) is 13.6. The lowest BCUT2D eigenvalue weighted by Gasteiger charge is -2.19. The number of ether oxygens (including phenoxy) is 3. The minimum Gasteiger partial charge on any atom is -0.481 e. The molecular formula is C23H27NO6. The number of hydrogen-bond donors (Lipinski definition) is 1.